The Kier molecular flexibility index (Phi) is 6.99. The third kappa shape index (κ3) is 5.21. The Balaban J connectivity index is 1.70. The van der Waals surface area contributed by atoms with Gasteiger partial charge in [-0.05, 0) is 50.6 Å². The molecule has 0 aliphatic rings. The summed E-state index contributed by atoms with van der Waals surface area (Å²) in [6.07, 6.45) is 0. The van der Waals surface area contributed by atoms with Gasteiger partial charge in [0.2, 0.25) is 0 Å². The number of amides is 1. The van der Waals surface area contributed by atoms with Crippen LogP contribution in [0.15, 0.2) is 57.9 Å². The third-order valence-electron chi connectivity index (χ3n) is 4.67. The average Bonchev–Trinajstić information content (AvgIpc) is 3.05. The fraction of sp³-hybridized carbons (Fsp3) is 0.304. The number of nitrogens with zero attached hydrogens (tertiary/aromatic N) is 2. The summed E-state index contributed by atoms with van der Waals surface area (Å²) in [6, 6.07) is 15.6. The van der Waals surface area contributed by atoms with E-state index in [9.17, 15) is 4.79 Å². The molecule has 152 valence electrons. The number of carbonyl (C=O) groups excluding carboxylic acids is 1. The number of hydrogen-bond acceptors (Lipinski definition) is 5. The third-order valence-corrected chi connectivity index (χ3v) is 5.77. The van der Waals surface area contributed by atoms with Gasteiger partial charge in [0.25, 0.3) is 5.91 Å². The molecule has 1 amide bonds. The van der Waals surface area contributed by atoms with Crippen molar-refractivity contribution < 1.29 is 14.1 Å². The van der Waals surface area contributed by atoms with Crippen LogP contribution >= 0.6 is 11.8 Å². The summed E-state index contributed by atoms with van der Waals surface area (Å²) in [5, 5.41) is 4.01. The number of carbonyl (C=O) groups is 1. The molecule has 2 aromatic carbocycles. The maximum Gasteiger partial charge on any atom is 0.255 e. The summed E-state index contributed by atoms with van der Waals surface area (Å²) in [5.74, 6) is 2.38. The molecule has 0 fully saturated rings. The van der Waals surface area contributed by atoms with Crippen molar-refractivity contribution >= 4 is 17.7 Å². The Bertz CT molecular complexity index is 947. The molecule has 3 rings (SSSR count). The van der Waals surface area contributed by atoms with Gasteiger partial charge in [-0.1, -0.05) is 29.4 Å². The molecule has 0 bridgehead atoms. The van der Waals surface area contributed by atoms with Crippen molar-refractivity contribution in [1.29, 1.82) is 0 Å². The topological polar surface area (TPSA) is 55.6 Å². The van der Waals surface area contributed by atoms with Crippen LogP contribution in [0.4, 0.5) is 0 Å². The Morgan fingerprint density at radius 3 is 2.52 bits per heavy atom. The number of aromatic nitrogens is 1. The zero-order valence-electron chi connectivity index (χ0n) is 17.3. The largest absolute Gasteiger partial charge is 0.494 e. The van der Waals surface area contributed by atoms with Gasteiger partial charge in [-0.15, -0.1) is 11.8 Å². The molecule has 0 spiro atoms. The van der Waals surface area contributed by atoms with Crippen LogP contribution in [0, 0.1) is 13.8 Å². The maximum atomic E-state index is 13.1. The minimum atomic E-state index is 0.000692. The van der Waals surface area contributed by atoms with Crippen molar-refractivity contribution in [3.05, 3.63) is 76.7 Å². The van der Waals surface area contributed by atoms with E-state index >= 15 is 0 Å². The summed E-state index contributed by atoms with van der Waals surface area (Å²) < 4.78 is 10.7. The number of hydrogen-bond donors (Lipinski definition) is 0. The van der Waals surface area contributed by atoms with Crippen molar-refractivity contribution in [3.8, 4) is 5.75 Å². The Morgan fingerprint density at radius 2 is 1.86 bits per heavy atom. The first-order valence-corrected chi connectivity index (χ1v) is 10.6. The molecular formula is C23H26N2O3S. The highest BCUT2D eigenvalue weighted by molar-refractivity contribution is 7.98. The monoisotopic (exact) mass is 410 g/mol. The smallest absolute Gasteiger partial charge is 0.255 e. The van der Waals surface area contributed by atoms with E-state index in [1.165, 1.54) is 0 Å². The van der Waals surface area contributed by atoms with E-state index in [1.807, 2.05) is 76.3 Å². The maximum absolute atomic E-state index is 13.1. The number of benzene rings is 2. The quantitative estimate of drug-likeness (QED) is 0.475. The average molecular weight is 411 g/mol. The molecule has 0 aliphatic carbocycles. The standard InChI is InChI=1S/C23H26N2O3S/c1-5-27-19-12-10-18(11-13-19)14-25(4)23(26)20-8-6-7-9-22(20)29-15-21-16(2)24-28-17(21)3/h6-13H,5,14-15H2,1-4H3. The van der Waals surface area contributed by atoms with Crippen molar-refractivity contribution in [2.75, 3.05) is 13.7 Å². The predicted molar refractivity (Wildman–Crippen MR) is 115 cm³/mol. The van der Waals surface area contributed by atoms with Gasteiger partial charge in [-0.25, -0.2) is 0 Å². The van der Waals surface area contributed by atoms with Crippen LogP contribution in [0.3, 0.4) is 0 Å². The highest BCUT2D eigenvalue weighted by atomic mass is 32.2. The second-order valence-electron chi connectivity index (χ2n) is 6.83. The minimum absolute atomic E-state index is 0.000692. The van der Waals surface area contributed by atoms with Crippen LogP contribution < -0.4 is 4.74 Å². The van der Waals surface area contributed by atoms with Gasteiger partial charge in [-0.2, -0.15) is 0 Å². The molecule has 0 saturated carbocycles. The molecule has 0 radical (unpaired) electrons. The minimum Gasteiger partial charge on any atom is -0.494 e. The molecule has 6 heteroatoms. The van der Waals surface area contributed by atoms with Gasteiger partial charge in [0.15, 0.2) is 0 Å². The predicted octanol–water partition coefficient (Wildman–Crippen LogP) is 5.25. The van der Waals surface area contributed by atoms with Crippen LogP contribution in [0.25, 0.3) is 0 Å². The van der Waals surface area contributed by atoms with E-state index in [0.717, 1.165) is 33.2 Å². The van der Waals surface area contributed by atoms with Crippen molar-refractivity contribution in [2.24, 2.45) is 0 Å². The number of ether oxygens (including phenoxy) is 1. The summed E-state index contributed by atoms with van der Waals surface area (Å²) in [5.41, 5.74) is 3.74. The molecule has 0 saturated heterocycles. The van der Waals surface area contributed by atoms with Gasteiger partial charge < -0.3 is 14.2 Å². The first-order chi connectivity index (χ1) is 14.0. The Hall–Kier alpha value is -2.73. The van der Waals surface area contributed by atoms with Gasteiger partial charge in [0.1, 0.15) is 11.5 Å². The molecule has 0 unspecified atom stereocenters. The van der Waals surface area contributed by atoms with E-state index in [4.69, 9.17) is 9.26 Å². The van der Waals surface area contributed by atoms with E-state index in [2.05, 4.69) is 5.16 Å². The second-order valence-corrected chi connectivity index (χ2v) is 7.84. The first-order valence-electron chi connectivity index (χ1n) is 9.60. The zero-order chi connectivity index (χ0) is 20.8. The summed E-state index contributed by atoms with van der Waals surface area (Å²) in [4.78, 5) is 15.8. The lowest BCUT2D eigenvalue weighted by Crippen LogP contribution is -2.26. The normalized spacial score (nSPS) is 10.8. The number of aryl methyl sites for hydroxylation is 2. The van der Waals surface area contributed by atoms with Crippen LogP contribution in [-0.4, -0.2) is 29.6 Å². The number of thioether (sulfide) groups is 1. The fourth-order valence-corrected chi connectivity index (χ4v) is 4.23. The molecule has 0 N–H and O–H groups in total. The Labute approximate surface area is 176 Å². The first kappa shape index (κ1) is 21.0. The molecular weight excluding hydrogens is 384 g/mol. The van der Waals surface area contributed by atoms with Crippen LogP contribution in [-0.2, 0) is 12.3 Å². The SMILES string of the molecule is CCOc1ccc(CN(C)C(=O)c2ccccc2SCc2c(C)noc2C)cc1. The van der Waals surface area contributed by atoms with Crippen LogP contribution in [0.5, 0.6) is 5.75 Å². The molecule has 0 aliphatic heterocycles. The second kappa shape index (κ2) is 9.65. The van der Waals surface area contributed by atoms with Crippen LogP contribution in [0.2, 0.25) is 0 Å². The highest BCUT2D eigenvalue weighted by Gasteiger charge is 2.17. The van der Waals surface area contributed by atoms with E-state index in [0.29, 0.717) is 24.5 Å². The summed E-state index contributed by atoms with van der Waals surface area (Å²) >= 11 is 1.63. The van der Waals surface area contributed by atoms with Gasteiger partial charge in [0, 0.05) is 29.8 Å². The van der Waals surface area contributed by atoms with E-state index in [1.54, 1.807) is 16.7 Å². The molecule has 1 aromatic heterocycles. The van der Waals surface area contributed by atoms with Gasteiger partial charge >= 0.3 is 0 Å². The fourth-order valence-electron chi connectivity index (χ4n) is 3.04. The molecule has 5 nitrogen and oxygen atoms in total. The lowest BCUT2D eigenvalue weighted by Gasteiger charge is -2.19. The van der Waals surface area contributed by atoms with Gasteiger partial charge in [-0.3, -0.25) is 4.79 Å². The van der Waals surface area contributed by atoms with Crippen molar-refractivity contribution in [2.45, 2.75) is 38.0 Å². The summed E-state index contributed by atoms with van der Waals surface area (Å²) in [6.45, 7) is 6.99. The highest BCUT2D eigenvalue weighted by Crippen LogP contribution is 2.29. The van der Waals surface area contributed by atoms with Gasteiger partial charge in [0.05, 0.1) is 17.9 Å². The Morgan fingerprint density at radius 1 is 1.14 bits per heavy atom. The summed E-state index contributed by atoms with van der Waals surface area (Å²) in [7, 11) is 1.83. The van der Waals surface area contributed by atoms with Crippen molar-refractivity contribution in [3.63, 3.8) is 0 Å². The molecule has 29 heavy (non-hydrogen) atoms. The van der Waals surface area contributed by atoms with Crippen LogP contribution in [0.1, 0.15) is 39.9 Å². The molecule has 1 heterocycles. The van der Waals surface area contributed by atoms with E-state index < -0.39 is 0 Å². The molecule has 0 atom stereocenters. The number of rotatable bonds is 8. The van der Waals surface area contributed by atoms with E-state index in [-0.39, 0.29) is 5.91 Å². The zero-order valence-corrected chi connectivity index (χ0v) is 18.1. The van der Waals surface area contributed by atoms with Crippen molar-refractivity contribution in [1.82, 2.24) is 10.1 Å². The molecule has 3 aromatic rings. The lowest BCUT2D eigenvalue weighted by molar-refractivity contribution is 0.0781. The lowest BCUT2D eigenvalue weighted by atomic mass is 10.1.